The highest BCUT2D eigenvalue weighted by atomic mass is 79.9. The van der Waals surface area contributed by atoms with Gasteiger partial charge in [-0.1, -0.05) is 28.4 Å². The predicted octanol–water partition coefficient (Wildman–Crippen LogP) is 2.86. The van der Waals surface area contributed by atoms with Gasteiger partial charge in [0.25, 0.3) is 0 Å². The van der Waals surface area contributed by atoms with E-state index in [0.29, 0.717) is 0 Å². The van der Waals surface area contributed by atoms with E-state index in [-0.39, 0.29) is 11.9 Å². The van der Waals surface area contributed by atoms with Gasteiger partial charge in [0.15, 0.2) is 0 Å². The van der Waals surface area contributed by atoms with Crippen molar-refractivity contribution in [3.8, 4) is 0 Å². The summed E-state index contributed by atoms with van der Waals surface area (Å²) in [5.74, 6) is 0.163. The second-order valence-electron chi connectivity index (χ2n) is 4.83. The summed E-state index contributed by atoms with van der Waals surface area (Å²) in [5, 5.41) is 3.30. The number of hydrogen-bond acceptors (Lipinski definition) is 2. The second kappa shape index (κ2) is 5.85. The van der Waals surface area contributed by atoms with E-state index in [0.717, 1.165) is 35.1 Å². The molecule has 1 heterocycles. The third kappa shape index (κ3) is 2.93. The largest absolute Gasteiger partial charge is 0.314 e. The number of aryl methyl sites for hydroxylation is 1. The van der Waals surface area contributed by atoms with Gasteiger partial charge in [-0.2, -0.15) is 0 Å². The lowest BCUT2D eigenvalue weighted by atomic mass is 10.0. The van der Waals surface area contributed by atoms with Crippen molar-refractivity contribution in [1.29, 1.82) is 0 Å². The van der Waals surface area contributed by atoms with Crippen molar-refractivity contribution in [3.05, 3.63) is 28.2 Å². The Morgan fingerprint density at radius 2 is 2.22 bits per heavy atom. The van der Waals surface area contributed by atoms with Gasteiger partial charge in [0.2, 0.25) is 5.91 Å². The molecule has 1 aromatic carbocycles. The molecule has 1 amide bonds. The molecule has 0 bridgehead atoms. The van der Waals surface area contributed by atoms with E-state index in [1.807, 2.05) is 32.2 Å². The van der Waals surface area contributed by atoms with Gasteiger partial charge in [-0.05, 0) is 44.0 Å². The number of hydrogen-bond donors (Lipinski definition) is 1. The smallest absolute Gasteiger partial charge is 0.243 e. The lowest BCUT2D eigenvalue weighted by Gasteiger charge is -2.28. The summed E-state index contributed by atoms with van der Waals surface area (Å²) < 4.78 is 0.999. The van der Waals surface area contributed by atoms with Crippen LogP contribution in [0.15, 0.2) is 22.7 Å². The van der Waals surface area contributed by atoms with Gasteiger partial charge in [-0.25, -0.2) is 0 Å². The zero-order valence-corrected chi connectivity index (χ0v) is 12.5. The van der Waals surface area contributed by atoms with Crippen LogP contribution in [-0.2, 0) is 4.79 Å². The number of nitrogens with zero attached hydrogens (tertiary/aromatic N) is 1. The van der Waals surface area contributed by atoms with E-state index in [2.05, 4.69) is 21.2 Å². The van der Waals surface area contributed by atoms with Gasteiger partial charge in [0, 0.05) is 17.2 Å². The maximum Gasteiger partial charge on any atom is 0.243 e. The molecule has 98 valence electrons. The normalized spacial score (nSPS) is 19.6. The van der Waals surface area contributed by atoms with Gasteiger partial charge in [-0.3, -0.25) is 4.79 Å². The molecule has 1 unspecified atom stereocenters. The molecule has 1 atom stereocenters. The molecule has 1 aliphatic rings. The molecule has 4 heteroatoms. The van der Waals surface area contributed by atoms with Crippen LogP contribution in [0, 0.1) is 6.92 Å². The molecule has 1 saturated heterocycles. The molecule has 2 rings (SSSR count). The van der Waals surface area contributed by atoms with Gasteiger partial charge < -0.3 is 10.2 Å². The summed E-state index contributed by atoms with van der Waals surface area (Å²) in [6.45, 7) is 2.97. The van der Waals surface area contributed by atoms with Gasteiger partial charge >= 0.3 is 0 Å². The minimum absolute atomic E-state index is 0.0258. The summed E-state index contributed by atoms with van der Waals surface area (Å²) in [4.78, 5) is 14.2. The van der Waals surface area contributed by atoms with Crippen molar-refractivity contribution >= 4 is 27.5 Å². The number of piperidine rings is 1. The fourth-order valence-corrected chi connectivity index (χ4v) is 2.71. The van der Waals surface area contributed by atoms with Crippen molar-refractivity contribution in [1.82, 2.24) is 5.32 Å². The third-order valence-electron chi connectivity index (χ3n) is 3.47. The van der Waals surface area contributed by atoms with Crippen LogP contribution in [0.4, 0.5) is 5.69 Å². The van der Waals surface area contributed by atoms with E-state index in [1.54, 1.807) is 4.90 Å². The summed E-state index contributed by atoms with van der Waals surface area (Å²) in [6, 6.07) is 5.99. The molecular weight excluding hydrogens is 292 g/mol. The Bertz CT molecular complexity index is 441. The molecule has 0 spiro atoms. The number of carbonyl (C=O) groups is 1. The van der Waals surface area contributed by atoms with Crippen LogP contribution in [0.5, 0.6) is 0 Å². The maximum absolute atomic E-state index is 12.4. The van der Waals surface area contributed by atoms with Crippen molar-refractivity contribution in [2.24, 2.45) is 0 Å². The quantitative estimate of drug-likeness (QED) is 0.911. The number of anilines is 1. The molecule has 0 saturated carbocycles. The summed E-state index contributed by atoms with van der Waals surface area (Å²) in [5.41, 5.74) is 2.09. The lowest BCUT2D eigenvalue weighted by molar-refractivity contribution is -0.120. The molecule has 0 aromatic heterocycles. The van der Waals surface area contributed by atoms with Crippen molar-refractivity contribution in [2.75, 3.05) is 18.5 Å². The van der Waals surface area contributed by atoms with Crippen LogP contribution in [0.1, 0.15) is 24.8 Å². The molecule has 1 fully saturated rings. The molecule has 1 aromatic rings. The van der Waals surface area contributed by atoms with E-state index in [9.17, 15) is 4.79 Å². The molecule has 3 nitrogen and oxygen atoms in total. The van der Waals surface area contributed by atoms with Crippen LogP contribution in [0.25, 0.3) is 0 Å². The Hall–Kier alpha value is -0.870. The van der Waals surface area contributed by atoms with Crippen molar-refractivity contribution in [3.63, 3.8) is 0 Å². The minimum atomic E-state index is -0.0258. The number of amides is 1. The number of likely N-dealkylation sites (N-methyl/N-ethyl adjacent to an activating group) is 1. The molecular formula is C14H19BrN2O. The van der Waals surface area contributed by atoms with Crippen LogP contribution in [0.2, 0.25) is 0 Å². The SMILES string of the molecule is Cc1ccc(Br)cc1N(C)C(=O)C1CCCCN1. The highest BCUT2D eigenvalue weighted by Gasteiger charge is 2.24. The fraction of sp³-hybridized carbons (Fsp3) is 0.500. The molecule has 18 heavy (non-hydrogen) atoms. The standard InChI is InChI=1S/C14H19BrN2O/c1-10-6-7-11(15)9-13(10)17(2)14(18)12-5-3-4-8-16-12/h6-7,9,12,16H,3-5,8H2,1-2H3. The Morgan fingerprint density at radius 1 is 1.44 bits per heavy atom. The number of halogens is 1. The predicted molar refractivity (Wildman–Crippen MR) is 77.9 cm³/mol. The van der Waals surface area contributed by atoms with Gasteiger partial charge in [0.05, 0.1) is 6.04 Å². The Balaban J connectivity index is 2.16. The molecule has 0 radical (unpaired) electrons. The number of carbonyl (C=O) groups excluding carboxylic acids is 1. The minimum Gasteiger partial charge on any atom is -0.314 e. The van der Waals surface area contributed by atoms with Gasteiger partial charge in [0.1, 0.15) is 0 Å². The summed E-state index contributed by atoms with van der Waals surface area (Å²) in [7, 11) is 1.85. The van der Waals surface area contributed by atoms with Crippen LogP contribution < -0.4 is 10.2 Å². The third-order valence-corrected chi connectivity index (χ3v) is 3.96. The fourth-order valence-electron chi connectivity index (χ4n) is 2.36. The monoisotopic (exact) mass is 310 g/mol. The Labute approximate surface area is 117 Å². The van der Waals surface area contributed by atoms with Crippen molar-refractivity contribution < 1.29 is 4.79 Å². The lowest BCUT2D eigenvalue weighted by Crippen LogP contribution is -2.47. The summed E-state index contributed by atoms with van der Waals surface area (Å²) >= 11 is 3.46. The number of benzene rings is 1. The van der Waals surface area contributed by atoms with E-state index in [1.165, 1.54) is 6.42 Å². The average Bonchev–Trinajstić information content (AvgIpc) is 2.41. The van der Waals surface area contributed by atoms with Crippen LogP contribution in [0.3, 0.4) is 0 Å². The number of rotatable bonds is 2. The first-order valence-electron chi connectivity index (χ1n) is 6.36. The average molecular weight is 311 g/mol. The molecule has 0 aliphatic carbocycles. The summed E-state index contributed by atoms with van der Waals surface area (Å²) in [6.07, 6.45) is 3.24. The van der Waals surface area contributed by atoms with E-state index in [4.69, 9.17) is 0 Å². The Kier molecular flexibility index (Phi) is 4.40. The molecule has 1 N–H and O–H groups in total. The highest BCUT2D eigenvalue weighted by molar-refractivity contribution is 9.10. The second-order valence-corrected chi connectivity index (χ2v) is 5.75. The zero-order valence-electron chi connectivity index (χ0n) is 10.9. The van der Waals surface area contributed by atoms with Gasteiger partial charge in [-0.15, -0.1) is 0 Å². The topological polar surface area (TPSA) is 32.3 Å². The van der Waals surface area contributed by atoms with Crippen molar-refractivity contribution in [2.45, 2.75) is 32.2 Å². The van der Waals surface area contributed by atoms with E-state index < -0.39 is 0 Å². The first-order valence-corrected chi connectivity index (χ1v) is 7.16. The first-order chi connectivity index (χ1) is 8.59. The number of nitrogens with one attached hydrogen (secondary N) is 1. The highest BCUT2D eigenvalue weighted by Crippen LogP contribution is 2.25. The Morgan fingerprint density at radius 3 is 2.89 bits per heavy atom. The maximum atomic E-state index is 12.4. The van der Waals surface area contributed by atoms with Crippen LogP contribution >= 0.6 is 15.9 Å². The first kappa shape index (κ1) is 13.6. The zero-order chi connectivity index (χ0) is 13.1. The molecule has 1 aliphatic heterocycles. The van der Waals surface area contributed by atoms with E-state index >= 15 is 0 Å². The van der Waals surface area contributed by atoms with Crippen LogP contribution in [-0.4, -0.2) is 25.5 Å².